The highest BCUT2D eigenvalue weighted by Crippen LogP contribution is 2.34. The first-order valence-electron chi connectivity index (χ1n) is 11.7. The molecule has 0 aromatic heterocycles. The van der Waals surface area contributed by atoms with E-state index in [0.717, 1.165) is 30.2 Å². The molecule has 0 radical (unpaired) electrons. The zero-order chi connectivity index (χ0) is 23.5. The van der Waals surface area contributed by atoms with Crippen molar-refractivity contribution >= 4 is 17.4 Å². The van der Waals surface area contributed by atoms with Crippen LogP contribution in [-0.4, -0.2) is 40.8 Å². The Labute approximate surface area is 203 Å². The number of rotatable bonds is 6. The molecule has 172 valence electrons. The van der Waals surface area contributed by atoms with Gasteiger partial charge in [-0.1, -0.05) is 71.8 Å². The van der Waals surface area contributed by atoms with E-state index < -0.39 is 0 Å². The first-order chi connectivity index (χ1) is 15.8. The van der Waals surface area contributed by atoms with Crippen molar-refractivity contribution in [1.82, 2.24) is 9.80 Å². The second-order valence-corrected chi connectivity index (χ2v) is 9.89. The van der Waals surface area contributed by atoms with Crippen LogP contribution in [0.15, 0.2) is 72.8 Å². The summed E-state index contributed by atoms with van der Waals surface area (Å²) >= 11 is 6.22. The summed E-state index contributed by atoms with van der Waals surface area (Å²) in [6, 6.07) is 25.9. The molecule has 1 aliphatic heterocycles. The molecule has 1 saturated heterocycles. The minimum atomic E-state index is 0.104. The quantitative estimate of drug-likeness (QED) is 0.390. The van der Waals surface area contributed by atoms with Gasteiger partial charge in [0.1, 0.15) is 0 Å². The molecule has 0 spiro atoms. The van der Waals surface area contributed by atoms with Gasteiger partial charge in [0.05, 0.1) is 6.04 Å². The topological polar surface area (TPSA) is 23.6 Å². The Morgan fingerprint density at radius 2 is 1.64 bits per heavy atom. The van der Waals surface area contributed by atoms with Gasteiger partial charge in [0.15, 0.2) is 5.78 Å². The lowest BCUT2D eigenvalue weighted by Gasteiger charge is -2.48. The summed E-state index contributed by atoms with van der Waals surface area (Å²) in [5.41, 5.74) is 5.72. The van der Waals surface area contributed by atoms with E-state index in [1.165, 1.54) is 22.3 Å². The van der Waals surface area contributed by atoms with Crippen molar-refractivity contribution in [3.63, 3.8) is 0 Å². The molecule has 0 aliphatic carbocycles. The molecular formula is C29H33ClN2O. The molecule has 3 nitrogen and oxygen atoms in total. The van der Waals surface area contributed by atoms with Gasteiger partial charge in [0.25, 0.3) is 0 Å². The van der Waals surface area contributed by atoms with Gasteiger partial charge in [-0.2, -0.15) is 0 Å². The van der Waals surface area contributed by atoms with Crippen LogP contribution in [0.3, 0.4) is 0 Å². The Balaban J connectivity index is 1.65. The summed E-state index contributed by atoms with van der Waals surface area (Å²) < 4.78 is 0. The minimum Gasteiger partial charge on any atom is -0.295 e. The van der Waals surface area contributed by atoms with Gasteiger partial charge >= 0.3 is 0 Å². The third-order valence-electron chi connectivity index (χ3n) is 6.74. The van der Waals surface area contributed by atoms with Crippen LogP contribution in [0.5, 0.6) is 0 Å². The SMILES string of the molecule is CC(=O)c1cccc([C@@H](c2cccc(C)c2)N2C[C@@H](C)N(Cc3cccc(Cl)c3)C[C@@H]2C)c1. The van der Waals surface area contributed by atoms with E-state index in [0.29, 0.717) is 12.1 Å². The molecule has 4 rings (SSSR count). The van der Waals surface area contributed by atoms with Gasteiger partial charge < -0.3 is 0 Å². The van der Waals surface area contributed by atoms with Crippen LogP contribution < -0.4 is 0 Å². The summed E-state index contributed by atoms with van der Waals surface area (Å²) in [6.45, 7) is 11.2. The van der Waals surface area contributed by atoms with Crippen molar-refractivity contribution in [1.29, 1.82) is 0 Å². The van der Waals surface area contributed by atoms with Gasteiger partial charge in [-0.25, -0.2) is 0 Å². The van der Waals surface area contributed by atoms with Gasteiger partial charge in [-0.15, -0.1) is 0 Å². The molecule has 33 heavy (non-hydrogen) atoms. The number of hydrogen-bond acceptors (Lipinski definition) is 3. The Hall–Kier alpha value is -2.46. The number of benzene rings is 3. The maximum absolute atomic E-state index is 12.1. The van der Waals surface area contributed by atoms with E-state index in [9.17, 15) is 4.79 Å². The molecule has 3 aromatic rings. The molecule has 3 atom stereocenters. The number of piperazine rings is 1. The summed E-state index contributed by atoms with van der Waals surface area (Å²) in [7, 11) is 0. The fraction of sp³-hybridized carbons (Fsp3) is 0.345. The normalized spacial score (nSPS) is 20.5. The highest BCUT2D eigenvalue weighted by atomic mass is 35.5. The standard InChI is InChI=1S/C29H33ClN2O/c1-20-8-5-11-26(14-20)29(27-12-7-10-25(16-27)23(4)33)32-18-21(2)31(17-22(32)3)19-24-9-6-13-28(30)15-24/h5-16,21-22,29H,17-19H2,1-4H3/t21-,22+,29-/m1/s1. The molecule has 0 saturated carbocycles. The van der Waals surface area contributed by atoms with Crippen LogP contribution in [0.2, 0.25) is 5.02 Å². The molecule has 0 unspecified atom stereocenters. The summed E-state index contributed by atoms with van der Waals surface area (Å²) in [6.07, 6.45) is 0. The number of Topliss-reactive ketones (excluding diaryl/α,β-unsaturated/α-hetero) is 1. The predicted octanol–water partition coefficient (Wildman–Crippen LogP) is 6.54. The van der Waals surface area contributed by atoms with E-state index in [2.05, 4.69) is 79.1 Å². The fourth-order valence-corrected chi connectivity index (χ4v) is 5.23. The number of carbonyl (C=O) groups is 1. The summed E-state index contributed by atoms with van der Waals surface area (Å²) in [5.74, 6) is 0.104. The van der Waals surface area contributed by atoms with Crippen LogP contribution >= 0.6 is 11.6 Å². The third kappa shape index (κ3) is 5.55. The number of aryl methyl sites for hydroxylation is 1. The maximum atomic E-state index is 12.1. The van der Waals surface area contributed by atoms with Crippen LogP contribution in [0, 0.1) is 6.92 Å². The van der Waals surface area contributed by atoms with Gasteiger partial charge in [-0.05, 0) is 62.6 Å². The predicted molar refractivity (Wildman–Crippen MR) is 137 cm³/mol. The Kier molecular flexibility index (Phi) is 7.33. The van der Waals surface area contributed by atoms with Gasteiger partial charge in [0.2, 0.25) is 0 Å². The van der Waals surface area contributed by atoms with Crippen LogP contribution in [0.25, 0.3) is 0 Å². The minimum absolute atomic E-state index is 0.104. The molecule has 0 N–H and O–H groups in total. The van der Waals surface area contributed by atoms with Crippen LogP contribution in [0.4, 0.5) is 0 Å². The molecule has 0 bridgehead atoms. The summed E-state index contributed by atoms with van der Waals surface area (Å²) in [4.78, 5) is 17.3. The fourth-order valence-electron chi connectivity index (χ4n) is 5.02. The second-order valence-electron chi connectivity index (χ2n) is 9.45. The molecule has 1 aliphatic rings. The third-order valence-corrected chi connectivity index (χ3v) is 6.97. The molecule has 3 aromatic carbocycles. The van der Waals surface area contributed by atoms with Crippen LogP contribution in [0.1, 0.15) is 59.4 Å². The lowest BCUT2D eigenvalue weighted by molar-refractivity contribution is 0.0195. The lowest BCUT2D eigenvalue weighted by Crippen LogP contribution is -2.56. The highest BCUT2D eigenvalue weighted by molar-refractivity contribution is 6.30. The zero-order valence-electron chi connectivity index (χ0n) is 20.0. The van der Waals surface area contributed by atoms with Crippen molar-refractivity contribution in [3.05, 3.63) is 106 Å². The lowest BCUT2D eigenvalue weighted by atomic mass is 9.91. The monoisotopic (exact) mass is 460 g/mol. The van der Waals surface area contributed by atoms with Crippen molar-refractivity contribution in [2.45, 2.75) is 52.4 Å². The average Bonchev–Trinajstić information content (AvgIpc) is 2.77. The highest BCUT2D eigenvalue weighted by Gasteiger charge is 2.35. The van der Waals surface area contributed by atoms with E-state index in [1.54, 1.807) is 6.92 Å². The van der Waals surface area contributed by atoms with Crippen LogP contribution in [-0.2, 0) is 6.54 Å². The zero-order valence-corrected chi connectivity index (χ0v) is 20.7. The first kappa shape index (κ1) is 23.7. The number of carbonyl (C=O) groups excluding carboxylic acids is 1. The molecular weight excluding hydrogens is 428 g/mol. The number of nitrogens with zero attached hydrogens (tertiary/aromatic N) is 2. The number of halogens is 1. The molecule has 4 heteroatoms. The molecule has 0 amide bonds. The van der Waals surface area contributed by atoms with Crippen molar-refractivity contribution < 1.29 is 4.79 Å². The Morgan fingerprint density at radius 3 is 2.33 bits per heavy atom. The largest absolute Gasteiger partial charge is 0.295 e. The summed E-state index contributed by atoms with van der Waals surface area (Å²) in [5, 5.41) is 0.789. The van der Waals surface area contributed by atoms with E-state index >= 15 is 0 Å². The Morgan fingerprint density at radius 1 is 0.939 bits per heavy atom. The van der Waals surface area contributed by atoms with Gasteiger partial charge in [-0.3, -0.25) is 14.6 Å². The number of ketones is 1. The number of hydrogen-bond donors (Lipinski definition) is 0. The second kappa shape index (κ2) is 10.2. The maximum Gasteiger partial charge on any atom is 0.159 e. The van der Waals surface area contributed by atoms with E-state index in [-0.39, 0.29) is 11.8 Å². The molecule has 1 heterocycles. The average molecular weight is 461 g/mol. The first-order valence-corrected chi connectivity index (χ1v) is 12.1. The van der Waals surface area contributed by atoms with Crippen molar-refractivity contribution in [2.75, 3.05) is 13.1 Å². The smallest absolute Gasteiger partial charge is 0.159 e. The van der Waals surface area contributed by atoms with Gasteiger partial charge in [0, 0.05) is 42.3 Å². The van der Waals surface area contributed by atoms with E-state index in [1.807, 2.05) is 24.3 Å². The Bertz CT molecular complexity index is 1130. The molecule has 1 fully saturated rings. The van der Waals surface area contributed by atoms with Crippen molar-refractivity contribution in [3.8, 4) is 0 Å². The van der Waals surface area contributed by atoms with Crippen molar-refractivity contribution in [2.24, 2.45) is 0 Å². The van der Waals surface area contributed by atoms with E-state index in [4.69, 9.17) is 11.6 Å².